The number of anilines is 1. The van der Waals surface area contributed by atoms with E-state index in [0.29, 0.717) is 80.9 Å². The van der Waals surface area contributed by atoms with E-state index in [1.54, 1.807) is 39.6 Å². The van der Waals surface area contributed by atoms with Crippen LogP contribution in [0.3, 0.4) is 0 Å². The number of nitrogens with two attached hydrogens (primary N) is 4. The second-order valence-electron chi connectivity index (χ2n) is 38.3. The van der Waals surface area contributed by atoms with Gasteiger partial charge >= 0.3 is 5.97 Å². The third-order valence-corrected chi connectivity index (χ3v) is 27.9. The first-order valence-electron chi connectivity index (χ1n) is 47.1. The molecule has 5 aliphatic heterocycles. The van der Waals surface area contributed by atoms with E-state index in [1.807, 2.05) is 62.4 Å². The van der Waals surface area contributed by atoms with Crippen LogP contribution in [0.5, 0.6) is 11.5 Å². The number of aliphatic hydroxyl groups is 7. The summed E-state index contributed by atoms with van der Waals surface area (Å²) in [4.78, 5) is 220. The summed E-state index contributed by atoms with van der Waals surface area (Å²) in [5, 5.41) is 115. The number of nitrogens with one attached hydrogen (secondary N) is 13. The minimum atomic E-state index is -2.79. The summed E-state index contributed by atoms with van der Waals surface area (Å²) in [5.41, 5.74) is 23.9. The first-order chi connectivity index (χ1) is 65.9. The van der Waals surface area contributed by atoms with Gasteiger partial charge in [-0.1, -0.05) is 84.0 Å². The van der Waals surface area contributed by atoms with Crippen molar-refractivity contribution in [3.63, 3.8) is 0 Å². The van der Waals surface area contributed by atoms with Crippen LogP contribution in [-0.2, 0) is 100 Å². The highest BCUT2D eigenvalue weighted by Crippen LogP contribution is 2.68. The number of methoxy groups -OCH3 is 2. The molecule has 3 fully saturated rings. The van der Waals surface area contributed by atoms with Crippen molar-refractivity contribution in [2.24, 2.45) is 46.1 Å². The van der Waals surface area contributed by atoms with Crippen LogP contribution in [0.15, 0.2) is 72.8 Å². The highest BCUT2D eigenvalue weighted by atomic mass is 16.5. The van der Waals surface area contributed by atoms with Gasteiger partial charge in [0.1, 0.15) is 89.5 Å². The minimum absolute atomic E-state index is 0.0852. The summed E-state index contributed by atoms with van der Waals surface area (Å²) >= 11 is 0. The standard InChI is InChI=1S/C94H138N20O25/c1-11-90(136)40-52-41-93(89(135)139-10,73-55(27-32-113(42-52)47-90)54-18-13-14-19-58(54)100-73)57-37-56-69(39-70(57)138-9)112(8)86-92(56)29-33-114-31-17-28-91(12-2,85(92)114)87(133)94(86,137)88(134)111-110-64(35-49(5)6)80(128)105-63(38-72(97)121)79(127)101-59(20-15-16-30-95)76(124)99-50(7)75(123)106-65(43-115)82(130)104-62(36-51-21-23-53(119)24-22-51)78(126)102-60(25-26-71(96)120)77(125)107-67(45-117)83(131)109-68(46-118)84(132)108-66(44-116)81(129)103-61(74(98)122)34-48(3)4/h13-14,17-19,21-24,28,37,39,48-50,52,59-68,85-87,100,110,115-119,133,136-137H,11-12,15-16,20,25-27,29-36,38,40-47,95H2,1-10H3,(H2,96,120)(H2,97,121)(H2,98,122)(H,99,124)(H,101,127)(H,102,126)(H,103,129)(H,104,130)(H,105,128)(H,106,123)(H,107,125)(H,108,132)(H,109,131)(H,111,134)/t50-,52+,59-,60-,61-,62-,63-,64-,65-,66-,67-,68-,85-,86+,87+,90-,91+,92?,93-,94-/m0/s1. The Bertz CT molecular complexity index is 5200. The van der Waals surface area contributed by atoms with E-state index in [4.69, 9.17) is 32.4 Å². The van der Waals surface area contributed by atoms with Crippen LogP contribution in [-0.4, -0.2) is 327 Å². The number of piperidine rings is 1. The van der Waals surface area contributed by atoms with Gasteiger partial charge in [0.05, 0.1) is 58.7 Å². The van der Waals surface area contributed by atoms with Gasteiger partial charge in [-0.15, -0.1) is 0 Å². The number of phenolic OH excluding ortho intramolecular Hbond substituents is 1. The summed E-state index contributed by atoms with van der Waals surface area (Å²) in [6, 6.07) is -4.24. The van der Waals surface area contributed by atoms with Gasteiger partial charge < -0.3 is 136 Å². The lowest BCUT2D eigenvalue weighted by Crippen LogP contribution is -2.82. The monoisotopic (exact) mass is 1950 g/mol. The number of carbonyl (C=O) groups is 15. The summed E-state index contributed by atoms with van der Waals surface area (Å²) in [7, 11) is 4.56. The molecule has 10 rings (SSSR count). The highest BCUT2D eigenvalue weighted by Gasteiger charge is 2.79. The molecule has 1 spiro atoms. The van der Waals surface area contributed by atoms with E-state index < -0.39 is 253 Å². The molecule has 139 heavy (non-hydrogen) atoms. The number of benzene rings is 3. The Balaban J connectivity index is 0.844. The number of hydrogen-bond acceptors (Lipinski definition) is 30. The number of carbonyl (C=O) groups excluding carboxylic acids is 15. The van der Waals surface area contributed by atoms with E-state index in [0.717, 1.165) is 23.4 Å². The zero-order valence-corrected chi connectivity index (χ0v) is 80.1. The van der Waals surface area contributed by atoms with E-state index in [-0.39, 0.29) is 86.3 Å². The molecule has 21 atom stereocenters. The fourth-order valence-electron chi connectivity index (χ4n) is 21.1. The number of para-hydroxylation sites is 1. The van der Waals surface area contributed by atoms with Crippen molar-refractivity contribution in [1.82, 2.24) is 78.8 Å². The maximum atomic E-state index is 16.0. The number of aromatic nitrogens is 1. The molecule has 45 heteroatoms. The lowest BCUT2D eigenvalue weighted by molar-refractivity contribution is -0.204. The first kappa shape index (κ1) is 109. The van der Waals surface area contributed by atoms with Crippen molar-refractivity contribution < 1.29 is 122 Å². The molecule has 1 aliphatic carbocycles. The van der Waals surface area contributed by atoms with Crippen LogP contribution >= 0.6 is 0 Å². The van der Waals surface area contributed by atoms with Crippen molar-refractivity contribution in [3.8, 4) is 11.5 Å². The highest BCUT2D eigenvalue weighted by molar-refractivity contribution is 6.01. The molecule has 45 nitrogen and oxygen atoms in total. The van der Waals surface area contributed by atoms with Gasteiger partial charge in [0, 0.05) is 96.9 Å². The lowest BCUT2D eigenvalue weighted by atomic mass is 9.47. The van der Waals surface area contributed by atoms with Gasteiger partial charge in [0.2, 0.25) is 76.8 Å². The predicted molar refractivity (Wildman–Crippen MR) is 502 cm³/mol. The fourth-order valence-corrected chi connectivity index (χ4v) is 21.1. The quantitative estimate of drug-likeness (QED) is 0.00847. The Morgan fingerprint density at radius 1 is 0.590 bits per heavy atom. The molecule has 4 aromatic rings. The number of aliphatic hydroxyl groups excluding tert-OH is 5. The fraction of sp³-hybridized carbons (Fsp3) is 0.606. The van der Waals surface area contributed by atoms with Crippen LogP contribution in [0, 0.1) is 23.2 Å². The summed E-state index contributed by atoms with van der Waals surface area (Å²) in [6.45, 7) is 9.91. The van der Waals surface area contributed by atoms with Crippen LogP contribution in [0.2, 0.25) is 0 Å². The summed E-state index contributed by atoms with van der Waals surface area (Å²) in [6.07, 6.45) is 1.58. The first-order valence-corrected chi connectivity index (χ1v) is 47.1. The molecule has 3 aromatic carbocycles. The number of H-pyrrole nitrogens is 1. The molecule has 1 aromatic heterocycles. The molecular weight excluding hydrogens is 1810 g/mol. The number of ether oxygens (including phenoxy) is 2. The van der Waals surface area contributed by atoms with Crippen LogP contribution < -0.4 is 96.6 Å². The van der Waals surface area contributed by atoms with E-state index >= 15 is 14.4 Å². The maximum Gasteiger partial charge on any atom is 0.322 e. The summed E-state index contributed by atoms with van der Waals surface area (Å²) in [5.74, 6) is -17.3. The van der Waals surface area contributed by atoms with Crippen molar-refractivity contribution >= 4 is 105 Å². The van der Waals surface area contributed by atoms with Gasteiger partial charge in [-0.2, -0.15) is 0 Å². The normalized spacial score (nSPS) is 24.6. The zero-order valence-electron chi connectivity index (χ0n) is 80.1. The number of phenols is 1. The molecule has 6 aliphatic rings. The second-order valence-corrected chi connectivity index (χ2v) is 38.3. The number of unbranched alkanes of at least 4 members (excludes halogenated alkanes) is 1. The average molecular weight is 1950 g/mol. The average Bonchev–Trinajstić information content (AvgIpc) is 1.48. The molecule has 2 unspecified atom stereocenters. The lowest BCUT2D eigenvalue weighted by Gasteiger charge is -2.63. The molecule has 764 valence electrons. The molecule has 0 radical (unpaired) electrons. The number of aromatic amines is 1. The maximum absolute atomic E-state index is 16.0. The molecule has 2 bridgehead atoms. The molecule has 14 amide bonds. The molecular formula is C94H138N20O25. The number of nitrogens with zero attached hydrogens (tertiary/aromatic N) is 3. The molecule has 2 saturated heterocycles. The molecule has 1 saturated carbocycles. The molecule has 6 heterocycles. The minimum Gasteiger partial charge on any atom is -0.508 e. The third-order valence-electron chi connectivity index (χ3n) is 27.9. The smallest absolute Gasteiger partial charge is 0.322 e. The third kappa shape index (κ3) is 23.8. The van der Waals surface area contributed by atoms with Crippen molar-refractivity contribution in [2.75, 3.05) is 91.9 Å². The number of likely N-dealkylation sites (N-methyl/N-ethyl adjacent to an activating group) is 1. The Kier molecular flexibility index (Phi) is 36.7. The Hall–Kier alpha value is -12.0. The van der Waals surface area contributed by atoms with Crippen molar-refractivity contribution in [3.05, 3.63) is 101 Å². The van der Waals surface area contributed by atoms with Crippen LogP contribution in [0.4, 0.5) is 5.69 Å². The van der Waals surface area contributed by atoms with E-state index in [2.05, 4.69) is 78.8 Å². The largest absolute Gasteiger partial charge is 0.508 e. The number of amides is 14. The number of esters is 1. The summed E-state index contributed by atoms with van der Waals surface area (Å²) < 4.78 is 12.5. The Morgan fingerprint density at radius 3 is 1.68 bits per heavy atom. The van der Waals surface area contributed by atoms with Gasteiger partial charge in [-0.3, -0.25) is 87.1 Å². The van der Waals surface area contributed by atoms with Gasteiger partial charge in [0.15, 0.2) is 5.60 Å². The van der Waals surface area contributed by atoms with Crippen LogP contribution in [0.25, 0.3) is 10.9 Å². The number of hydrazine groups is 1. The number of aromatic hydroxyl groups is 1. The van der Waals surface area contributed by atoms with Gasteiger partial charge in [-0.05, 0) is 156 Å². The number of hydrogen-bond donors (Lipinski definition) is 25. The van der Waals surface area contributed by atoms with Gasteiger partial charge in [-0.25, -0.2) is 5.43 Å². The zero-order chi connectivity index (χ0) is 102. The Morgan fingerprint density at radius 2 is 1.12 bits per heavy atom. The second kappa shape index (κ2) is 46.8. The van der Waals surface area contributed by atoms with Crippen molar-refractivity contribution in [1.29, 1.82) is 0 Å². The van der Waals surface area contributed by atoms with E-state index in [1.165, 1.54) is 38.5 Å². The van der Waals surface area contributed by atoms with Crippen molar-refractivity contribution in [2.45, 2.75) is 251 Å². The van der Waals surface area contributed by atoms with Crippen LogP contribution in [0.1, 0.15) is 160 Å². The predicted octanol–water partition coefficient (Wildman–Crippen LogP) is -6.13. The topological polar surface area (TPSA) is 710 Å². The Labute approximate surface area is 804 Å². The number of fused-ring (bicyclic) bond motifs is 6. The van der Waals surface area contributed by atoms with E-state index in [9.17, 15) is 98.4 Å². The number of primary amides is 3. The molecule has 29 N–H and O–H groups in total. The SMILES string of the molecule is CC[C@]1(O)C[C@H]2CN(CCc3c([nH]c4ccccc34)[C@@](C(=O)OC)(c3cc4c(cc3OC)N(C)[C@@H]3C45CCN4CC=C[C@](CC)([C@H]45)[C@@H](O)[C@]3(O)C(=O)NN[C@@H](CC(C)C)C(=O)N[C@@H](CC(N)=O)C(=O)N[C@@H](CCCCN)C(=O)N[C@@H](C)C(=O)N[C@@H](CO)C(=O)N[C@@H](Cc3ccc(O)cc3)C(=O)N[C@@H](CCC(N)=O)C(=O)N[C@@H](CO)C(=O)N[C@@H](CO)C(=O)N[C@@H](CO)C(=O)N[C@@H](CC(C)C)C(N)=O)C2)C1. The van der Waals surface area contributed by atoms with Gasteiger partial charge in [0.25, 0.3) is 5.91 Å². The number of rotatable bonds is 48.